The van der Waals surface area contributed by atoms with Crippen molar-refractivity contribution in [1.29, 1.82) is 0 Å². The Morgan fingerprint density at radius 1 is 1.00 bits per heavy atom. The van der Waals surface area contributed by atoms with Gasteiger partial charge in [0.25, 0.3) is 5.91 Å². The number of rotatable bonds is 4. The lowest BCUT2D eigenvalue weighted by molar-refractivity contribution is -0.147. The first-order valence-electron chi connectivity index (χ1n) is 18.4. The molecule has 2 bridgehead atoms. The number of amides is 4. The highest BCUT2D eigenvalue weighted by Crippen LogP contribution is 2.25. The first kappa shape index (κ1) is 38.4. The van der Waals surface area contributed by atoms with E-state index in [0.717, 1.165) is 56.2 Å². The normalized spacial score (nSPS) is 22.0. The molecule has 14 heteroatoms. The van der Waals surface area contributed by atoms with Crippen molar-refractivity contribution in [3.63, 3.8) is 0 Å². The highest BCUT2D eigenvalue weighted by atomic mass is 19.1. The Labute approximate surface area is 304 Å². The Morgan fingerprint density at radius 3 is 2.56 bits per heavy atom. The number of ether oxygens (including phenoxy) is 1. The fourth-order valence-electron chi connectivity index (χ4n) is 6.79. The Hall–Kier alpha value is -4.88. The lowest BCUT2D eigenvalue weighted by Gasteiger charge is -2.34. The number of carbonyl (C=O) groups is 4. The van der Waals surface area contributed by atoms with Crippen LogP contribution in [-0.2, 0) is 33.8 Å². The summed E-state index contributed by atoms with van der Waals surface area (Å²) in [6.45, 7) is 4.53. The molecule has 2 aromatic heterocycles. The van der Waals surface area contributed by atoms with Crippen LogP contribution >= 0.6 is 0 Å². The summed E-state index contributed by atoms with van der Waals surface area (Å²) in [4.78, 5) is 67.4. The second-order valence-corrected chi connectivity index (χ2v) is 14.1. The molecule has 0 spiro atoms. The van der Waals surface area contributed by atoms with Crippen molar-refractivity contribution >= 4 is 23.6 Å². The van der Waals surface area contributed by atoms with Gasteiger partial charge in [0.15, 0.2) is 6.61 Å². The minimum absolute atomic E-state index is 0.0120. The van der Waals surface area contributed by atoms with Gasteiger partial charge in [-0.05, 0) is 61.8 Å². The summed E-state index contributed by atoms with van der Waals surface area (Å²) in [5, 5.41) is 9.86. The lowest BCUT2D eigenvalue weighted by atomic mass is 10.0. The van der Waals surface area contributed by atoms with Gasteiger partial charge in [-0.1, -0.05) is 50.8 Å². The number of aromatic nitrogens is 3. The SMILES string of the molecule is CC(C)C[C@H]1NC(=O)c2ccc(F)cc2OCc2noc(n2)CCCCCCCCNC(=O)[C@H](Cc2cccnc2)N(C)C(=O)[C@H]2CCCN2C1=O. The molecule has 4 heterocycles. The molecule has 1 aromatic carbocycles. The van der Waals surface area contributed by atoms with Crippen molar-refractivity contribution in [3.8, 4) is 5.75 Å². The fourth-order valence-corrected chi connectivity index (χ4v) is 6.79. The zero-order valence-corrected chi connectivity index (χ0v) is 30.3. The minimum Gasteiger partial charge on any atom is -0.485 e. The lowest BCUT2D eigenvalue weighted by Crippen LogP contribution is -2.57. The molecule has 13 nitrogen and oxygen atoms in total. The molecule has 5 rings (SSSR count). The molecule has 1 saturated heterocycles. The average Bonchev–Trinajstić information content (AvgIpc) is 3.81. The standard InChI is InChI=1S/C38H50FN7O6/c1-25(2)20-29-37(49)46-19-11-13-30(46)38(50)45(3)31(21-26-12-10-17-40-23-26)36(48)41-18-9-7-5-4-6-8-14-34-43-33(44-52-34)24-51-32-22-27(39)15-16-28(32)35(47)42-29/h10,12,15-17,22-23,25,29-31H,4-9,11,13-14,18-21,24H2,1-3H3,(H,41,48)(H,42,47)/t29-,30-,31+/m1/s1. The van der Waals surface area contributed by atoms with Gasteiger partial charge in [0.2, 0.25) is 29.4 Å². The third-order valence-electron chi connectivity index (χ3n) is 9.57. The van der Waals surface area contributed by atoms with E-state index in [1.165, 1.54) is 15.9 Å². The summed E-state index contributed by atoms with van der Waals surface area (Å²) in [5.74, 6) is -1.52. The van der Waals surface area contributed by atoms with Gasteiger partial charge in [-0.15, -0.1) is 0 Å². The summed E-state index contributed by atoms with van der Waals surface area (Å²) in [5.41, 5.74) is 0.841. The number of nitrogens with one attached hydrogen (secondary N) is 2. The first-order valence-corrected chi connectivity index (χ1v) is 18.4. The Bertz CT molecular complexity index is 1670. The fraction of sp³-hybridized carbons (Fsp3) is 0.553. The van der Waals surface area contributed by atoms with Gasteiger partial charge in [0.1, 0.15) is 29.7 Å². The molecule has 280 valence electrons. The van der Waals surface area contributed by atoms with E-state index in [1.807, 2.05) is 19.9 Å². The van der Waals surface area contributed by atoms with Gasteiger partial charge >= 0.3 is 0 Å². The van der Waals surface area contributed by atoms with Crippen LogP contribution in [0.2, 0.25) is 0 Å². The van der Waals surface area contributed by atoms with E-state index in [9.17, 15) is 23.6 Å². The predicted molar refractivity (Wildman–Crippen MR) is 189 cm³/mol. The molecule has 2 aliphatic rings. The molecule has 0 saturated carbocycles. The first-order chi connectivity index (χ1) is 25.1. The van der Waals surface area contributed by atoms with Crippen molar-refractivity contribution in [2.75, 3.05) is 20.1 Å². The number of likely N-dealkylation sites (N-methyl/N-ethyl adjacent to an activating group) is 1. The van der Waals surface area contributed by atoms with Crippen molar-refractivity contribution in [2.45, 2.75) is 109 Å². The van der Waals surface area contributed by atoms with Crippen LogP contribution in [0.3, 0.4) is 0 Å². The Morgan fingerprint density at radius 2 is 1.79 bits per heavy atom. The van der Waals surface area contributed by atoms with E-state index >= 15 is 0 Å². The van der Waals surface area contributed by atoms with Crippen molar-refractivity contribution in [2.24, 2.45) is 5.92 Å². The molecule has 2 aliphatic heterocycles. The summed E-state index contributed by atoms with van der Waals surface area (Å²) < 4.78 is 25.6. The topological polar surface area (TPSA) is 160 Å². The van der Waals surface area contributed by atoms with Gasteiger partial charge in [-0.3, -0.25) is 24.2 Å². The van der Waals surface area contributed by atoms with Crippen molar-refractivity contribution in [3.05, 3.63) is 71.4 Å². The van der Waals surface area contributed by atoms with Gasteiger partial charge in [0.05, 0.1) is 5.56 Å². The predicted octanol–water partition coefficient (Wildman–Crippen LogP) is 4.40. The van der Waals surface area contributed by atoms with Crippen LogP contribution < -0.4 is 15.4 Å². The largest absolute Gasteiger partial charge is 0.485 e. The summed E-state index contributed by atoms with van der Waals surface area (Å²) in [6.07, 6.45) is 11.1. The zero-order valence-electron chi connectivity index (χ0n) is 30.3. The van der Waals surface area contributed by atoms with Crippen LogP contribution in [-0.4, -0.2) is 86.8 Å². The number of carbonyl (C=O) groups excluding carboxylic acids is 4. The third kappa shape index (κ3) is 10.3. The minimum atomic E-state index is -0.975. The number of pyridine rings is 1. The zero-order chi connectivity index (χ0) is 37.0. The van der Waals surface area contributed by atoms with E-state index < -0.39 is 35.8 Å². The van der Waals surface area contributed by atoms with Gasteiger partial charge in [0, 0.05) is 51.4 Å². The van der Waals surface area contributed by atoms with E-state index in [1.54, 1.807) is 25.5 Å². The van der Waals surface area contributed by atoms with E-state index in [-0.39, 0.29) is 47.9 Å². The van der Waals surface area contributed by atoms with E-state index in [2.05, 4.69) is 25.8 Å². The maximum atomic E-state index is 14.4. The maximum Gasteiger partial charge on any atom is 0.255 e. The average molecular weight is 720 g/mol. The molecule has 3 atom stereocenters. The van der Waals surface area contributed by atoms with Crippen molar-refractivity contribution in [1.82, 2.24) is 35.6 Å². The smallest absolute Gasteiger partial charge is 0.255 e. The number of aryl methyl sites for hydroxylation is 1. The molecule has 3 aromatic rings. The second kappa shape index (κ2) is 18.6. The summed E-state index contributed by atoms with van der Waals surface area (Å²) >= 11 is 0. The molecular weight excluding hydrogens is 669 g/mol. The molecule has 0 unspecified atom stereocenters. The molecule has 1 fully saturated rings. The van der Waals surface area contributed by atoms with Crippen LogP contribution in [0.5, 0.6) is 5.75 Å². The van der Waals surface area contributed by atoms with Crippen LogP contribution in [0.25, 0.3) is 0 Å². The molecule has 0 radical (unpaired) electrons. The summed E-state index contributed by atoms with van der Waals surface area (Å²) in [6, 6.07) is 4.61. The number of halogens is 1. The second-order valence-electron chi connectivity index (χ2n) is 14.1. The number of hydrogen-bond donors (Lipinski definition) is 2. The maximum absolute atomic E-state index is 14.4. The highest BCUT2D eigenvalue weighted by Gasteiger charge is 2.41. The van der Waals surface area contributed by atoms with E-state index in [4.69, 9.17) is 9.26 Å². The monoisotopic (exact) mass is 719 g/mol. The molecule has 4 amide bonds. The van der Waals surface area contributed by atoms with Crippen molar-refractivity contribution < 1.29 is 32.8 Å². The Kier molecular flexibility index (Phi) is 13.7. The van der Waals surface area contributed by atoms with Crippen LogP contribution in [0.1, 0.15) is 99.3 Å². The third-order valence-corrected chi connectivity index (χ3v) is 9.57. The quantitative estimate of drug-likeness (QED) is 0.399. The molecule has 2 N–H and O–H groups in total. The number of nitrogens with zero attached hydrogens (tertiary/aromatic N) is 5. The molecular formula is C38H50FN7O6. The van der Waals surface area contributed by atoms with Crippen LogP contribution in [0, 0.1) is 11.7 Å². The number of hydrogen-bond acceptors (Lipinski definition) is 9. The highest BCUT2D eigenvalue weighted by molar-refractivity contribution is 6.00. The Balaban J connectivity index is 1.41. The van der Waals surface area contributed by atoms with Gasteiger partial charge in [-0.25, -0.2) is 4.39 Å². The molecule has 0 aliphatic carbocycles. The van der Waals surface area contributed by atoms with E-state index in [0.29, 0.717) is 44.7 Å². The van der Waals surface area contributed by atoms with Crippen LogP contribution in [0.4, 0.5) is 4.39 Å². The van der Waals surface area contributed by atoms with Crippen LogP contribution in [0.15, 0.2) is 47.2 Å². The molecule has 52 heavy (non-hydrogen) atoms. The number of fused-ring (bicyclic) bond motifs is 4. The summed E-state index contributed by atoms with van der Waals surface area (Å²) in [7, 11) is 1.61. The van der Waals surface area contributed by atoms with Gasteiger partial charge in [-0.2, -0.15) is 4.98 Å². The van der Waals surface area contributed by atoms with Gasteiger partial charge < -0.3 is 29.7 Å². The number of benzene rings is 1.